The lowest BCUT2D eigenvalue weighted by Crippen LogP contribution is -2.33. The van der Waals surface area contributed by atoms with Crippen LogP contribution in [0.5, 0.6) is 5.75 Å². The van der Waals surface area contributed by atoms with Crippen LogP contribution in [0.4, 0.5) is 0 Å². The number of hydrogen-bond donors (Lipinski definition) is 0. The van der Waals surface area contributed by atoms with Crippen molar-refractivity contribution in [1.82, 2.24) is 9.88 Å². The minimum atomic E-state index is 0.377. The number of ether oxygens (including phenoxy) is 1. The summed E-state index contributed by atoms with van der Waals surface area (Å²) >= 11 is 0. The van der Waals surface area contributed by atoms with Crippen molar-refractivity contribution in [2.45, 2.75) is 31.8 Å². The lowest BCUT2D eigenvalue weighted by atomic mass is 9.95. The standard InChI is InChI=1S/C19H22N2O2/c1-23-19-8-7-15(14-22)11-17(19)13-21-10-3-2-6-18(21)16-5-4-9-20-12-16/h4-5,7-9,11-12,14,18H,2-3,6,10,13H2,1H3. The first-order valence-corrected chi connectivity index (χ1v) is 8.08. The van der Waals surface area contributed by atoms with Crippen LogP contribution in [0.25, 0.3) is 0 Å². The van der Waals surface area contributed by atoms with E-state index in [1.54, 1.807) is 13.2 Å². The number of methoxy groups -OCH3 is 1. The maximum absolute atomic E-state index is 11.1. The Bertz CT molecular complexity index is 658. The van der Waals surface area contributed by atoms with Crippen molar-refractivity contribution in [3.8, 4) is 5.75 Å². The predicted octanol–water partition coefficient (Wildman–Crippen LogP) is 3.63. The number of aromatic nitrogens is 1. The van der Waals surface area contributed by atoms with Crippen molar-refractivity contribution < 1.29 is 9.53 Å². The molecule has 1 aliphatic heterocycles. The van der Waals surface area contributed by atoms with E-state index >= 15 is 0 Å². The zero-order valence-electron chi connectivity index (χ0n) is 13.4. The fourth-order valence-corrected chi connectivity index (χ4v) is 3.34. The number of carbonyl (C=O) groups excluding carboxylic acids is 1. The average Bonchev–Trinajstić information content (AvgIpc) is 2.63. The van der Waals surface area contributed by atoms with Gasteiger partial charge in [0.05, 0.1) is 7.11 Å². The SMILES string of the molecule is COc1ccc(C=O)cc1CN1CCCCC1c1cccnc1. The van der Waals surface area contributed by atoms with E-state index in [-0.39, 0.29) is 0 Å². The van der Waals surface area contributed by atoms with Gasteiger partial charge in [-0.25, -0.2) is 0 Å². The molecule has 0 N–H and O–H groups in total. The lowest BCUT2D eigenvalue weighted by Gasteiger charge is -2.36. The highest BCUT2D eigenvalue weighted by Crippen LogP contribution is 2.33. The molecule has 0 amide bonds. The van der Waals surface area contributed by atoms with Gasteiger partial charge in [-0.05, 0) is 49.2 Å². The van der Waals surface area contributed by atoms with E-state index in [1.165, 1.54) is 18.4 Å². The molecule has 1 aromatic carbocycles. The summed E-state index contributed by atoms with van der Waals surface area (Å²) < 4.78 is 5.47. The Labute approximate surface area is 137 Å². The molecule has 1 fully saturated rings. The smallest absolute Gasteiger partial charge is 0.150 e. The minimum absolute atomic E-state index is 0.377. The van der Waals surface area contributed by atoms with Crippen LogP contribution >= 0.6 is 0 Å². The largest absolute Gasteiger partial charge is 0.496 e. The van der Waals surface area contributed by atoms with Crippen LogP contribution in [0, 0.1) is 0 Å². The van der Waals surface area contributed by atoms with Gasteiger partial charge in [0, 0.05) is 36.1 Å². The number of piperidine rings is 1. The Hall–Kier alpha value is -2.20. The minimum Gasteiger partial charge on any atom is -0.496 e. The van der Waals surface area contributed by atoms with Gasteiger partial charge in [-0.2, -0.15) is 0 Å². The number of aldehydes is 1. The molecule has 3 rings (SSSR count). The van der Waals surface area contributed by atoms with E-state index in [0.29, 0.717) is 11.6 Å². The van der Waals surface area contributed by atoms with Gasteiger partial charge in [-0.3, -0.25) is 14.7 Å². The molecule has 120 valence electrons. The maximum atomic E-state index is 11.1. The molecule has 0 bridgehead atoms. The van der Waals surface area contributed by atoms with Crippen LogP contribution in [0.1, 0.15) is 46.8 Å². The third kappa shape index (κ3) is 3.59. The fourth-order valence-electron chi connectivity index (χ4n) is 3.34. The molecule has 1 aliphatic rings. The molecule has 1 atom stereocenters. The second-order valence-corrected chi connectivity index (χ2v) is 5.96. The van der Waals surface area contributed by atoms with E-state index in [1.807, 2.05) is 30.6 Å². The number of likely N-dealkylation sites (tertiary alicyclic amines) is 1. The normalized spacial score (nSPS) is 18.6. The highest BCUT2D eigenvalue weighted by molar-refractivity contribution is 5.75. The maximum Gasteiger partial charge on any atom is 0.150 e. The molecule has 4 nitrogen and oxygen atoms in total. The number of carbonyl (C=O) groups is 1. The first kappa shape index (κ1) is 15.7. The summed E-state index contributed by atoms with van der Waals surface area (Å²) in [5, 5.41) is 0. The van der Waals surface area contributed by atoms with Gasteiger partial charge in [0.1, 0.15) is 12.0 Å². The molecule has 0 spiro atoms. The molecule has 1 aromatic heterocycles. The summed E-state index contributed by atoms with van der Waals surface area (Å²) in [7, 11) is 1.67. The van der Waals surface area contributed by atoms with Gasteiger partial charge in [0.2, 0.25) is 0 Å². The van der Waals surface area contributed by atoms with Gasteiger partial charge in [-0.1, -0.05) is 12.5 Å². The monoisotopic (exact) mass is 310 g/mol. The van der Waals surface area contributed by atoms with E-state index in [0.717, 1.165) is 37.1 Å². The zero-order chi connectivity index (χ0) is 16.1. The number of benzene rings is 1. The Balaban J connectivity index is 1.86. The van der Waals surface area contributed by atoms with Crippen LogP contribution in [0.15, 0.2) is 42.7 Å². The molecule has 1 saturated heterocycles. The Morgan fingerprint density at radius 3 is 3.00 bits per heavy atom. The molecular weight excluding hydrogens is 288 g/mol. The molecule has 0 saturated carbocycles. The average molecular weight is 310 g/mol. The highest BCUT2D eigenvalue weighted by Gasteiger charge is 2.25. The number of hydrogen-bond acceptors (Lipinski definition) is 4. The Morgan fingerprint density at radius 1 is 1.35 bits per heavy atom. The van der Waals surface area contributed by atoms with Gasteiger partial charge in [-0.15, -0.1) is 0 Å². The van der Waals surface area contributed by atoms with Gasteiger partial charge in [0.15, 0.2) is 0 Å². The van der Waals surface area contributed by atoms with Crippen molar-refractivity contribution in [2.24, 2.45) is 0 Å². The first-order valence-electron chi connectivity index (χ1n) is 8.08. The topological polar surface area (TPSA) is 42.4 Å². The summed E-state index contributed by atoms with van der Waals surface area (Å²) in [6.45, 7) is 1.83. The summed E-state index contributed by atoms with van der Waals surface area (Å²) in [5.74, 6) is 0.839. The van der Waals surface area contributed by atoms with Crippen LogP contribution in [-0.2, 0) is 6.54 Å². The molecule has 23 heavy (non-hydrogen) atoms. The summed E-state index contributed by atoms with van der Waals surface area (Å²) in [6, 6.07) is 10.1. The van der Waals surface area contributed by atoms with Crippen molar-refractivity contribution in [1.29, 1.82) is 0 Å². The molecular formula is C19H22N2O2. The molecule has 2 heterocycles. The summed E-state index contributed by atoms with van der Waals surface area (Å²) in [5.41, 5.74) is 3.02. The van der Waals surface area contributed by atoms with Crippen LogP contribution in [-0.4, -0.2) is 29.8 Å². The first-order chi connectivity index (χ1) is 11.3. The third-order valence-electron chi connectivity index (χ3n) is 4.50. The molecule has 1 unspecified atom stereocenters. The van der Waals surface area contributed by atoms with Crippen LogP contribution in [0.2, 0.25) is 0 Å². The summed E-state index contributed by atoms with van der Waals surface area (Å²) in [4.78, 5) is 17.8. The Morgan fingerprint density at radius 2 is 2.26 bits per heavy atom. The van der Waals surface area contributed by atoms with Crippen molar-refractivity contribution >= 4 is 6.29 Å². The Kier molecular flexibility index (Phi) is 5.03. The van der Waals surface area contributed by atoms with Crippen molar-refractivity contribution in [3.05, 3.63) is 59.4 Å². The van der Waals surface area contributed by atoms with E-state index < -0.39 is 0 Å². The third-order valence-corrected chi connectivity index (χ3v) is 4.50. The summed E-state index contributed by atoms with van der Waals surface area (Å²) in [6.07, 6.45) is 8.24. The number of pyridine rings is 1. The lowest BCUT2D eigenvalue weighted by molar-refractivity contribution is 0.112. The second-order valence-electron chi connectivity index (χ2n) is 5.96. The molecule has 0 aliphatic carbocycles. The number of rotatable bonds is 5. The predicted molar refractivity (Wildman–Crippen MR) is 89.6 cm³/mol. The number of nitrogens with zero attached hydrogens (tertiary/aromatic N) is 2. The van der Waals surface area contributed by atoms with Crippen molar-refractivity contribution in [3.63, 3.8) is 0 Å². The highest BCUT2D eigenvalue weighted by atomic mass is 16.5. The second kappa shape index (κ2) is 7.38. The fraction of sp³-hybridized carbons (Fsp3) is 0.368. The quantitative estimate of drug-likeness (QED) is 0.791. The molecule has 4 heteroatoms. The molecule has 0 radical (unpaired) electrons. The molecule has 2 aromatic rings. The van der Waals surface area contributed by atoms with Gasteiger partial charge < -0.3 is 4.74 Å². The van der Waals surface area contributed by atoms with E-state index in [9.17, 15) is 4.79 Å². The van der Waals surface area contributed by atoms with Gasteiger partial charge >= 0.3 is 0 Å². The van der Waals surface area contributed by atoms with Crippen molar-refractivity contribution in [2.75, 3.05) is 13.7 Å². The van der Waals surface area contributed by atoms with Gasteiger partial charge in [0.25, 0.3) is 0 Å². The van der Waals surface area contributed by atoms with Crippen LogP contribution in [0.3, 0.4) is 0 Å². The zero-order valence-corrected chi connectivity index (χ0v) is 13.4. The van der Waals surface area contributed by atoms with Crippen LogP contribution < -0.4 is 4.74 Å². The van der Waals surface area contributed by atoms with E-state index in [4.69, 9.17) is 4.74 Å². The van der Waals surface area contributed by atoms with E-state index in [2.05, 4.69) is 16.0 Å².